The molecule has 3 aromatic carbocycles. The number of hydrogen-bond acceptors (Lipinski definition) is 22. The van der Waals surface area contributed by atoms with Gasteiger partial charge >= 0.3 is 5.97 Å². The second kappa shape index (κ2) is 26.5. The maximum absolute atomic E-state index is 14.2. The summed E-state index contributed by atoms with van der Waals surface area (Å²) in [7, 11) is 0. The van der Waals surface area contributed by atoms with Crippen molar-refractivity contribution < 1.29 is 88.3 Å². The Kier molecular flexibility index (Phi) is 19.2. The molecule has 1 amide bonds. The fourth-order valence-corrected chi connectivity index (χ4v) is 11.4. The van der Waals surface area contributed by atoms with Crippen LogP contribution in [0.4, 0.5) is 0 Å². The molecule has 5 aromatic rings. The molecule has 4 saturated heterocycles. The molecule has 2 aromatic heterocycles. The van der Waals surface area contributed by atoms with E-state index in [-0.39, 0.29) is 37.3 Å². The maximum Gasteiger partial charge on any atom is 0.338 e. The van der Waals surface area contributed by atoms with Gasteiger partial charge in [0.1, 0.15) is 84.6 Å². The Balaban J connectivity index is 1.02. The van der Waals surface area contributed by atoms with Crippen LogP contribution in [-0.4, -0.2) is 225 Å². The van der Waals surface area contributed by atoms with Gasteiger partial charge < -0.3 is 83.6 Å². The zero-order valence-corrected chi connectivity index (χ0v) is 45.6. The molecule has 0 spiro atoms. The monoisotopic (exact) mass is 1140 g/mol. The van der Waals surface area contributed by atoms with Gasteiger partial charge in [-0.2, -0.15) is 0 Å². The smallest absolute Gasteiger partial charge is 0.338 e. The summed E-state index contributed by atoms with van der Waals surface area (Å²) in [6, 6.07) is 22.7. The highest BCUT2D eigenvalue weighted by Gasteiger charge is 2.55. The quantitative estimate of drug-likeness (QED) is 0.0501. The van der Waals surface area contributed by atoms with E-state index in [4.69, 9.17) is 37.9 Å². The van der Waals surface area contributed by atoms with Gasteiger partial charge in [-0.25, -0.2) is 14.2 Å². The summed E-state index contributed by atoms with van der Waals surface area (Å²) in [5.74, 6) is -1.82. The molecule has 25 nitrogen and oxygen atoms in total. The number of nitrogens with zero attached hydrogens (tertiary/aromatic N) is 7. The third kappa shape index (κ3) is 12.8. The van der Waals surface area contributed by atoms with Gasteiger partial charge in [-0.3, -0.25) is 4.79 Å². The average molecular weight is 1140 g/mol. The lowest BCUT2D eigenvalue weighted by molar-refractivity contribution is -0.350. The maximum atomic E-state index is 14.2. The van der Waals surface area contributed by atoms with Crippen LogP contribution >= 0.6 is 0 Å². The van der Waals surface area contributed by atoms with Crippen molar-refractivity contribution in [2.45, 2.75) is 169 Å². The Morgan fingerprint density at radius 1 is 0.683 bits per heavy atom. The molecule has 10 rings (SSSR count). The summed E-state index contributed by atoms with van der Waals surface area (Å²) in [6.07, 6.45) is -20.2. The summed E-state index contributed by atoms with van der Waals surface area (Å²) < 4.78 is 54.4. The number of aromatic nitrogens is 6. The predicted octanol–water partition coefficient (Wildman–Crippen LogP) is 0.848. The highest BCUT2D eigenvalue weighted by Crippen LogP contribution is 2.42. The standard InChI is InChI=1S/C57H73N7O18/c1-4-13-39(53(73)62-20-12-21-62)77-51-46(69)42(28-66)80-57(52(51)81-54(74)34-17-9-6-10-18-34)78-40-24-32(29-75-55-47(70)43(45(68)41(27-65)79-55)64-26-37(59-61-64)35-19-11-14-30(2)22-35)23-38(63-25-36(58-60-63)33-15-7-5-8-16-33)50(40)82-56-49(72)48(71)44(67)31(3)76-56/h5-11,14-19,22,25-26,31-32,38-52,55-57,65-72H,4,12-13,20-21,23-24,27-29H2,1-3H3/t31?,32?,38?,39-,40+,41?,42-,43?,44+,45+,46-,47?,48-,49?,50+,51?,52?,55-,56-,57+/m0/s1. The molecule has 0 bridgehead atoms. The van der Waals surface area contributed by atoms with Gasteiger partial charge in [0, 0.05) is 24.2 Å². The zero-order valence-electron chi connectivity index (χ0n) is 45.6. The number of aryl methyl sites for hydroxylation is 1. The molecule has 25 heteroatoms. The van der Waals surface area contributed by atoms with E-state index < -0.39 is 142 Å². The summed E-state index contributed by atoms with van der Waals surface area (Å²) in [5, 5.41) is 108. The van der Waals surface area contributed by atoms with Gasteiger partial charge in [0.25, 0.3) is 5.91 Å². The van der Waals surface area contributed by atoms with E-state index in [1.54, 1.807) is 35.5 Å². The summed E-state index contributed by atoms with van der Waals surface area (Å²) in [6.45, 7) is 4.67. The molecule has 1 aliphatic carbocycles. The fraction of sp³-hybridized carbons (Fsp3) is 0.579. The molecule has 5 aliphatic rings. The normalized spacial score (nSPS) is 34.5. The van der Waals surface area contributed by atoms with Crippen molar-refractivity contribution in [3.05, 3.63) is 108 Å². The Morgan fingerprint density at radius 3 is 2.02 bits per heavy atom. The van der Waals surface area contributed by atoms with E-state index in [0.717, 1.165) is 23.1 Å². The van der Waals surface area contributed by atoms with Gasteiger partial charge in [0.2, 0.25) is 0 Å². The first-order valence-electron chi connectivity index (χ1n) is 28.0. The Morgan fingerprint density at radius 2 is 1.34 bits per heavy atom. The molecule has 9 unspecified atom stereocenters. The number of benzene rings is 3. The Bertz CT molecular complexity index is 2870. The lowest BCUT2D eigenvalue weighted by atomic mass is 9.81. The number of carbonyl (C=O) groups is 2. The van der Waals surface area contributed by atoms with E-state index in [2.05, 4.69) is 20.6 Å². The van der Waals surface area contributed by atoms with Crippen LogP contribution in [0.15, 0.2) is 97.3 Å². The largest absolute Gasteiger partial charge is 0.450 e. The van der Waals surface area contributed by atoms with Gasteiger partial charge in [-0.1, -0.05) is 96.1 Å². The SMILES string of the molecule is CCC[C@H](OC1C(OC(=O)c2ccccc2)[C@H](O[C@@H]2CC(CO[C@H]3OC(CO)[C@@H](O)C(n4cc(-c5cccc(C)c5)nn4)C3O)CC(n3cc(-c4ccccc4)nn3)[C@H]2O[C@@H]2OC(C)[C@@H](O)[C@H](O)C2O)O[C@@H](CO)[C@@H]1O)C(=O)N1CCC1. The zero-order chi connectivity index (χ0) is 57.8. The molecule has 20 atom stereocenters. The van der Waals surface area contributed by atoms with Crippen LogP contribution in [0.25, 0.3) is 22.5 Å². The van der Waals surface area contributed by atoms with Crippen LogP contribution in [0.5, 0.6) is 0 Å². The minimum atomic E-state index is -1.80. The number of aliphatic hydroxyl groups excluding tert-OH is 8. The van der Waals surface area contributed by atoms with Crippen LogP contribution in [0, 0.1) is 12.8 Å². The number of hydrogen-bond donors (Lipinski definition) is 8. The number of rotatable bonds is 20. The molecule has 0 radical (unpaired) electrons. The third-order valence-corrected chi connectivity index (χ3v) is 16.1. The predicted molar refractivity (Wildman–Crippen MR) is 284 cm³/mol. The minimum absolute atomic E-state index is 0.0326. The first-order valence-corrected chi connectivity index (χ1v) is 28.0. The van der Waals surface area contributed by atoms with E-state index in [1.807, 2.05) is 68.4 Å². The van der Waals surface area contributed by atoms with Crippen molar-refractivity contribution in [2.75, 3.05) is 32.9 Å². The first kappa shape index (κ1) is 59.4. The molecule has 6 heterocycles. The first-order chi connectivity index (χ1) is 39.6. The lowest BCUT2D eigenvalue weighted by Gasteiger charge is -2.49. The van der Waals surface area contributed by atoms with Crippen molar-refractivity contribution in [1.29, 1.82) is 0 Å². The van der Waals surface area contributed by atoms with Gasteiger partial charge in [0.15, 0.2) is 25.0 Å². The lowest BCUT2D eigenvalue weighted by Crippen LogP contribution is -2.64. The molecule has 4 aliphatic heterocycles. The molecule has 82 heavy (non-hydrogen) atoms. The molecule has 444 valence electrons. The summed E-state index contributed by atoms with van der Waals surface area (Å²) in [4.78, 5) is 29.8. The van der Waals surface area contributed by atoms with Gasteiger partial charge in [-0.15, -0.1) is 10.2 Å². The van der Waals surface area contributed by atoms with Crippen LogP contribution in [0.2, 0.25) is 0 Å². The fourth-order valence-electron chi connectivity index (χ4n) is 11.4. The van der Waals surface area contributed by atoms with Crippen molar-refractivity contribution in [3.8, 4) is 22.5 Å². The highest BCUT2D eigenvalue weighted by atomic mass is 16.7. The Hall–Kier alpha value is -5.72. The van der Waals surface area contributed by atoms with E-state index >= 15 is 0 Å². The van der Waals surface area contributed by atoms with E-state index in [9.17, 15) is 50.4 Å². The van der Waals surface area contributed by atoms with Gasteiger partial charge in [0.05, 0.1) is 56.0 Å². The number of aliphatic hydroxyl groups is 8. The van der Waals surface area contributed by atoms with Crippen molar-refractivity contribution in [3.63, 3.8) is 0 Å². The van der Waals surface area contributed by atoms with Crippen LogP contribution < -0.4 is 0 Å². The topological polar surface area (TPSA) is 334 Å². The highest BCUT2D eigenvalue weighted by molar-refractivity contribution is 5.89. The number of carbonyl (C=O) groups excluding carboxylic acids is 2. The Labute approximate surface area is 472 Å². The number of likely N-dealkylation sites (tertiary alicyclic amines) is 1. The van der Waals surface area contributed by atoms with E-state index in [0.29, 0.717) is 30.9 Å². The number of ether oxygens (including phenoxy) is 8. The number of amides is 1. The summed E-state index contributed by atoms with van der Waals surface area (Å²) in [5.41, 5.74) is 3.50. The van der Waals surface area contributed by atoms with Crippen LogP contribution in [0.1, 0.15) is 74.0 Å². The van der Waals surface area contributed by atoms with Crippen molar-refractivity contribution in [1.82, 2.24) is 34.9 Å². The molecule has 8 N–H and O–H groups in total. The second-order valence-electron chi connectivity index (χ2n) is 21.8. The van der Waals surface area contributed by atoms with Gasteiger partial charge in [-0.05, 0) is 63.6 Å². The molecule has 5 fully saturated rings. The van der Waals surface area contributed by atoms with E-state index in [1.165, 1.54) is 28.4 Å². The van der Waals surface area contributed by atoms with Crippen molar-refractivity contribution >= 4 is 11.9 Å². The van der Waals surface area contributed by atoms with Crippen LogP contribution in [-0.2, 0) is 42.7 Å². The molecular formula is C57H73N7O18. The molecule has 1 saturated carbocycles. The second-order valence-corrected chi connectivity index (χ2v) is 21.8. The van der Waals surface area contributed by atoms with Crippen molar-refractivity contribution in [2.24, 2.45) is 5.92 Å². The minimum Gasteiger partial charge on any atom is -0.450 e. The van der Waals surface area contributed by atoms with Crippen LogP contribution in [0.3, 0.4) is 0 Å². The molecular weight excluding hydrogens is 1070 g/mol. The summed E-state index contributed by atoms with van der Waals surface area (Å²) >= 11 is 0. The number of esters is 1. The third-order valence-electron chi connectivity index (χ3n) is 16.1. The average Bonchev–Trinajstić information content (AvgIpc) is 4.34.